The number of carbonyl (C=O) groups is 2. The number of benzene rings is 1. The second-order valence-electron chi connectivity index (χ2n) is 10.7. The van der Waals surface area contributed by atoms with Crippen molar-refractivity contribution in [3.05, 3.63) is 42.0 Å². The Balaban J connectivity index is 0.00000420. The zero-order valence-electron chi connectivity index (χ0n) is 22.9. The van der Waals surface area contributed by atoms with Crippen LogP contribution in [0.3, 0.4) is 0 Å². The summed E-state index contributed by atoms with van der Waals surface area (Å²) in [5, 5.41) is 6.12. The molecule has 2 aliphatic rings. The zero-order chi connectivity index (χ0) is 27.3. The van der Waals surface area contributed by atoms with Gasteiger partial charge in [-0.2, -0.15) is 4.72 Å². The van der Waals surface area contributed by atoms with E-state index < -0.39 is 22.1 Å². The number of fused-ring (bicyclic) bond motifs is 1. The van der Waals surface area contributed by atoms with Gasteiger partial charge in [0.2, 0.25) is 21.8 Å². The number of likely N-dealkylation sites (N-methyl/N-ethyl adjacent to an activating group) is 1. The monoisotopic (exact) mass is 580 g/mol. The van der Waals surface area contributed by atoms with Crippen molar-refractivity contribution in [2.75, 3.05) is 25.0 Å². The van der Waals surface area contributed by atoms with E-state index in [4.69, 9.17) is 0 Å². The molecule has 1 aromatic heterocycles. The maximum Gasteiger partial charge on any atom is 0.243 e. The van der Waals surface area contributed by atoms with E-state index in [9.17, 15) is 18.0 Å². The van der Waals surface area contributed by atoms with Crippen LogP contribution < -0.4 is 15.4 Å². The smallest absolute Gasteiger partial charge is 0.243 e. The number of aromatic amines is 1. The fourth-order valence-corrected chi connectivity index (χ4v) is 6.89. The standard InChI is InChI=1S/C27H40N6O4S.ClH/c1-4-29-26(34)23-14-18(2)11-12-33(23)27(35)22(9-6-8-21-16-28-17-31-21)32-38(36,37)24-10-5-7-20-13-19(3)15-30-25(20)24;/h5,7,10,16-19,22-23,30,32H,4,6,8-9,11-15H2,1-3H3,(H,28,31)(H,29,34);1H/t18-,19?,22?,23-;/m1./s1. The second-order valence-corrected chi connectivity index (χ2v) is 12.4. The van der Waals surface area contributed by atoms with Gasteiger partial charge in [0.1, 0.15) is 17.0 Å². The minimum atomic E-state index is -4.03. The number of likely N-dealkylation sites (tertiary alicyclic amines) is 1. The number of carbonyl (C=O) groups excluding carboxylic acids is 2. The van der Waals surface area contributed by atoms with Gasteiger partial charge in [-0.1, -0.05) is 26.0 Å². The molecule has 2 aromatic rings. The summed E-state index contributed by atoms with van der Waals surface area (Å²) in [5.41, 5.74) is 2.41. The summed E-state index contributed by atoms with van der Waals surface area (Å²) in [6, 6.07) is 3.66. The lowest BCUT2D eigenvalue weighted by atomic mass is 9.91. The van der Waals surface area contributed by atoms with Gasteiger partial charge >= 0.3 is 0 Å². The second kappa shape index (κ2) is 13.6. The molecule has 3 heterocycles. The molecule has 1 fully saturated rings. The molecule has 4 atom stereocenters. The van der Waals surface area contributed by atoms with Crippen molar-refractivity contribution in [2.24, 2.45) is 11.8 Å². The van der Waals surface area contributed by atoms with Crippen molar-refractivity contribution < 1.29 is 18.0 Å². The van der Waals surface area contributed by atoms with Crippen molar-refractivity contribution >= 4 is 39.9 Å². The number of para-hydroxylation sites is 1. The van der Waals surface area contributed by atoms with Crippen LogP contribution in [0.4, 0.5) is 5.69 Å². The van der Waals surface area contributed by atoms with E-state index in [0.717, 1.165) is 24.1 Å². The molecule has 2 aliphatic heterocycles. The summed E-state index contributed by atoms with van der Waals surface area (Å²) in [6.07, 6.45) is 6.95. The summed E-state index contributed by atoms with van der Waals surface area (Å²) < 4.78 is 30.2. The summed E-state index contributed by atoms with van der Waals surface area (Å²) in [6.45, 7) is 7.61. The van der Waals surface area contributed by atoms with Crippen LogP contribution in [0.15, 0.2) is 35.6 Å². The number of aryl methyl sites for hydroxylation is 1. The number of H-pyrrole nitrogens is 1. The van der Waals surface area contributed by atoms with E-state index in [1.165, 1.54) is 0 Å². The average Bonchev–Trinajstić information content (AvgIpc) is 3.41. The number of imidazole rings is 1. The fraction of sp³-hybridized carbons (Fsp3) is 0.593. The van der Waals surface area contributed by atoms with Crippen molar-refractivity contribution in [1.29, 1.82) is 0 Å². The molecular formula is C27H41ClN6O4S. The van der Waals surface area contributed by atoms with Crippen LogP contribution in [0.1, 0.15) is 57.7 Å². The Morgan fingerprint density at radius 1 is 1.23 bits per heavy atom. The highest BCUT2D eigenvalue weighted by atomic mass is 35.5. The maximum atomic E-state index is 13.9. The third-order valence-corrected chi connectivity index (χ3v) is 8.99. The van der Waals surface area contributed by atoms with Gasteiger partial charge in [-0.05, 0) is 68.9 Å². The van der Waals surface area contributed by atoms with Crippen LogP contribution >= 0.6 is 12.4 Å². The van der Waals surface area contributed by atoms with Gasteiger partial charge < -0.3 is 20.5 Å². The number of hydrogen-bond acceptors (Lipinski definition) is 6. The van der Waals surface area contributed by atoms with E-state index in [0.29, 0.717) is 62.8 Å². The van der Waals surface area contributed by atoms with Crippen molar-refractivity contribution in [2.45, 2.75) is 76.3 Å². The molecule has 39 heavy (non-hydrogen) atoms. The molecule has 4 rings (SSSR count). The van der Waals surface area contributed by atoms with Gasteiger partial charge in [0.15, 0.2) is 0 Å². The number of nitrogens with one attached hydrogen (secondary N) is 4. The molecule has 0 bridgehead atoms. The van der Waals surface area contributed by atoms with Gasteiger partial charge in [-0.15, -0.1) is 12.4 Å². The molecule has 10 nitrogen and oxygen atoms in total. The normalized spacial score (nSPS) is 21.7. The van der Waals surface area contributed by atoms with E-state index in [1.54, 1.807) is 29.6 Å². The van der Waals surface area contributed by atoms with Gasteiger partial charge in [0.05, 0.1) is 17.7 Å². The molecule has 12 heteroatoms. The van der Waals surface area contributed by atoms with Crippen LogP contribution in [0.5, 0.6) is 0 Å². The molecular weight excluding hydrogens is 540 g/mol. The number of sulfonamides is 1. The van der Waals surface area contributed by atoms with Gasteiger partial charge in [0.25, 0.3) is 0 Å². The van der Waals surface area contributed by atoms with Crippen LogP contribution in [0.25, 0.3) is 0 Å². The highest BCUT2D eigenvalue weighted by Gasteiger charge is 2.39. The van der Waals surface area contributed by atoms with Gasteiger partial charge in [-0.25, -0.2) is 13.4 Å². The molecule has 2 amide bonds. The molecule has 0 spiro atoms. The Kier molecular flexibility index (Phi) is 10.8. The van der Waals surface area contributed by atoms with Crippen LogP contribution in [-0.2, 0) is 32.5 Å². The van der Waals surface area contributed by atoms with E-state index >= 15 is 0 Å². The number of nitrogens with zero attached hydrogens (tertiary/aromatic N) is 2. The lowest BCUT2D eigenvalue weighted by molar-refractivity contribution is -0.144. The van der Waals surface area contributed by atoms with Crippen molar-refractivity contribution in [3.8, 4) is 0 Å². The van der Waals surface area contributed by atoms with Crippen LogP contribution in [0.2, 0.25) is 0 Å². The highest BCUT2D eigenvalue weighted by molar-refractivity contribution is 7.89. The van der Waals surface area contributed by atoms with E-state index in [1.807, 2.05) is 13.0 Å². The number of halogens is 1. The molecule has 0 saturated carbocycles. The number of amides is 2. The Hall–Kier alpha value is -2.63. The largest absolute Gasteiger partial charge is 0.383 e. The number of rotatable bonds is 10. The first kappa shape index (κ1) is 30.9. The molecule has 1 saturated heterocycles. The summed E-state index contributed by atoms with van der Waals surface area (Å²) in [4.78, 5) is 35.7. The molecule has 2 unspecified atom stereocenters. The lowest BCUT2D eigenvalue weighted by Gasteiger charge is -2.39. The maximum absolute atomic E-state index is 13.9. The minimum Gasteiger partial charge on any atom is -0.383 e. The van der Waals surface area contributed by atoms with Crippen LogP contribution in [-0.4, -0.2) is 66.8 Å². The zero-order valence-corrected chi connectivity index (χ0v) is 24.5. The van der Waals surface area contributed by atoms with E-state index in [2.05, 4.69) is 39.2 Å². The third-order valence-electron chi connectivity index (χ3n) is 7.48. The molecule has 1 aromatic carbocycles. The number of hydrogen-bond donors (Lipinski definition) is 4. The predicted molar refractivity (Wildman–Crippen MR) is 153 cm³/mol. The quantitative estimate of drug-likeness (QED) is 0.341. The molecule has 0 radical (unpaired) electrons. The SMILES string of the molecule is CCNC(=O)[C@H]1C[C@H](C)CCN1C(=O)C(CCCc1c[nH]cn1)NS(=O)(=O)c1cccc2c1NCC(C)C2.Cl. The van der Waals surface area contributed by atoms with E-state index in [-0.39, 0.29) is 29.1 Å². The van der Waals surface area contributed by atoms with Crippen molar-refractivity contribution in [1.82, 2.24) is 24.9 Å². The molecule has 4 N–H and O–H groups in total. The number of anilines is 1. The Morgan fingerprint density at radius 3 is 2.74 bits per heavy atom. The molecule has 0 aliphatic carbocycles. The topological polar surface area (TPSA) is 136 Å². The first-order valence-corrected chi connectivity index (χ1v) is 15.1. The average molecular weight is 581 g/mol. The first-order valence-electron chi connectivity index (χ1n) is 13.6. The van der Waals surface area contributed by atoms with Crippen molar-refractivity contribution in [3.63, 3.8) is 0 Å². The Morgan fingerprint density at radius 2 is 2.03 bits per heavy atom. The number of piperidine rings is 1. The fourth-order valence-electron chi connectivity index (χ4n) is 5.44. The van der Waals surface area contributed by atoms with Gasteiger partial charge in [0, 0.05) is 25.8 Å². The summed E-state index contributed by atoms with van der Waals surface area (Å²) >= 11 is 0. The Labute approximate surface area is 237 Å². The van der Waals surface area contributed by atoms with Crippen LogP contribution in [0, 0.1) is 11.8 Å². The predicted octanol–water partition coefficient (Wildman–Crippen LogP) is 2.87. The summed E-state index contributed by atoms with van der Waals surface area (Å²) in [7, 11) is -4.03. The highest BCUT2D eigenvalue weighted by Crippen LogP contribution is 2.32. The first-order chi connectivity index (χ1) is 18.2. The number of aromatic nitrogens is 2. The lowest BCUT2D eigenvalue weighted by Crippen LogP contribution is -2.58. The minimum absolute atomic E-state index is 0. The summed E-state index contributed by atoms with van der Waals surface area (Å²) in [5.74, 6) is 0.148. The molecule has 216 valence electrons. The third kappa shape index (κ3) is 7.52. The van der Waals surface area contributed by atoms with Gasteiger partial charge in [-0.3, -0.25) is 9.59 Å². The Bertz CT molecular complexity index is 1220.